The van der Waals surface area contributed by atoms with Gasteiger partial charge in [0.15, 0.2) is 0 Å². The van der Waals surface area contributed by atoms with Crippen molar-refractivity contribution < 1.29 is 4.79 Å². The molecule has 1 aliphatic heterocycles. The molecule has 0 unspecified atom stereocenters. The quantitative estimate of drug-likeness (QED) is 0.829. The number of hydrogen-bond donors (Lipinski definition) is 0. The average Bonchev–Trinajstić information content (AvgIpc) is 2.92. The lowest BCUT2D eigenvalue weighted by molar-refractivity contribution is -0.135. The number of rotatable bonds is 2. The number of nitrogens with zero attached hydrogens (tertiary/aromatic N) is 3. The van der Waals surface area contributed by atoms with Crippen molar-refractivity contribution in [3.05, 3.63) is 23.3 Å². The van der Waals surface area contributed by atoms with E-state index in [0.29, 0.717) is 5.91 Å². The van der Waals surface area contributed by atoms with Crippen LogP contribution in [0.15, 0.2) is 6.33 Å². The summed E-state index contributed by atoms with van der Waals surface area (Å²) in [5, 5.41) is 0. The molecule has 0 bridgehead atoms. The Morgan fingerprint density at radius 3 is 2.75 bits per heavy atom. The minimum atomic E-state index is 0.285. The number of amides is 1. The molecule has 108 valence electrons. The van der Waals surface area contributed by atoms with Gasteiger partial charge in [-0.15, -0.1) is 0 Å². The lowest BCUT2D eigenvalue weighted by Gasteiger charge is -2.23. The van der Waals surface area contributed by atoms with Crippen LogP contribution in [-0.4, -0.2) is 33.9 Å². The van der Waals surface area contributed by atoms with E-state index in [1.54, 1.807) is 6.33 Å². The molecule has 2 heterocycles. The third-order valence-electron chi connectivity index (χ3n) is 4.73. The fraction of sp³-hybridized carbons (Fsp3) is 0.688. The van der Waals surface area contributed by atoms with E-state index < -0.39 is 0 Å². The van der Waals surface area contributed by atoms with Crippen LogP contribution in [0.2, 0.25) is 0 Å². The molecule has 0 N–H and O–H groups in total. The minimum absolute atomic E-state index is 0.285. The summed E-state index contributed by atoms with van der Waals surface area (Å²) in [4.78, 5) is 23.4. The lowest BCUT2D eigenvalue weighted by Crippen LogP contribution is -2.37. The van der Waals surface area contributed by atoms with Gasteiger partial charge in [-0.3, -0.25) is 4.79 Å². The van der Waals surface area contributed by atoms with Gasteiger partial charge in [-0.1, -0.05) is 19.8 Å². The Labute approximate surface area is 120 Å². The van der Waals surface area contributed by atoms with Crippen molar-refractivity contribution in [3.8, 4) is 0 Å². The van der Waals surface area contributed by atoms with E-state index in [4.69, 9.17) is 0 Å². The molecular weight excluding hydrogens is 250 g/mol. The minimum Gasteiger partial charge on any atom is -0.342 e. The van der Waals surface area contributed by atoms with Crippen LogP contribution in [0.25, 0.3) is 0 Å². The summed E-state index contributed by atoms with van der Waals surface area (Å²) in [5.74, 6) is 0.661. The van der Waals surface area contributed by atoms with Gasteiger partial charge < -0.3 is 4.90 Å². The largest absolute Gasteiger partial charge is 0.342 e. The first-order valence-electron chi connectivity index (χ1n) is 7.90. The molecule has 1 amide bonds. The zero-order valence-corrected chi connectivity index (χ0v) is 12.3. The van der Waals surface area contributed by atoms with Crippen molar-refractivity contribution >= 4 is 5.91 Å². The number of aryl methyl sites for hydroxylation is 1. The van der Waals surface area contributed by atoms with Crippen molar-refractivity contribution in [3.63, 3.8) is 0 Å². The Morgan fingerprint density at radius 1 is 1.25 bits per heavy atom. The standard InChI is InChI=1S/C16H23N3O/c1-2-14-13-7-9-19(10-8-15(13)18-11-17-14)16(20)12-5-3-4-6-12/h11-12H,2-10H2,1H3. The summed E-state index contributed by atoms with van der Waals surface area (Å²) in [6.45, 7) is 3.79. The van der Waals surface area contributed by atoms with E-state index >= 15 is 0 Å². The summed E-state index contributed by atoms with van der Waals surface area (Å²) >= 11 is 0. The molecule has 1 aromatic heterocycles. The van der Waals surface area contributed by atoms with E-state index in [1.165, 1.54) is 18.4 Å². The van der Waals surface area contributed by atoms with E-state index in [2.05, 4.69) is 21.8 Å². The molecule has 1 aromatic rings. The van der Waals surface area contributed by atoms with E-state index in [9.17, 15) is 4.79 Å². The summed E-state index contributed by atoms with van der Waals surface area (Å²) in [5.41, 5.74) is 3.60. The van der Waals surface area contributed by atoms with Gasteiger partial charge in [-0.2, -0.15) is 0 Å². The predicted molar refractivity (Wildman–Crippen MR) is 77.4 cm³/mol. The molecule has 1 saturated carbocycles. The molecule has 1 fully saturated rings. The molecule has 0 saturated heterocycles. The monoisotopic (exact) mass is 273 g/mol. The second-order valence-electron chi connectivity index (χ2n) is 5.91. The maximum absolute atomic E-state index is 12.5. The number of carbonyl (C=O) groups is 1. The van der Waals surface area contributed by atoms with Gasteiger partial charge in [0, 0.05) is 36.8 Å². The van der Waals surface area contributed by atoms with Crippen LogP contribution >= 0.6 is 0 Å². The van der Waals surface area contributed by atoms with E-state index in [-0.39, 0.29) is 5.92 Å². The topological polar surface area (TPSA) is 46.1 Å². The van der Waals surface area contributed by atoms with Gasteiger partial charge in [0.2, 0.25) is 5.91 Å². The Morgan fingerprint density at radius 2 is 2.00 bits per heavy atom. The fourth-order valence-electron chi connectivity index (χ4n) is 3.55. The number of hydrogen-bond acceptors (Lipinski definition) is 3. The van der Waals surface area contributed by atoms with E-state index in [1.807, 2.05) is 0 Å². The Hall–Kier alpha value is -1.45. The SMILES string of the molecule is CCc1ncnc2c1CCN(C(=O)C1CCCC1)CC2. The van der Waals surface area contributed by atoms with Crippen LogP contribution in [-0.2, 0) is 24.1 Å². The van der Waals surface area contributed by atoms with Gasteiger partial charge in [-0.05, 0) is 31.2 Å². The van der Waals surface area contributed by atoms with Crippen LogP contribution in [0.5, 0.6) is 0 Å². The molecule has 20 heavy (non-hydrogen) atoms. The van der Waals surface area contributed by atoms with Gasteiger partial charge in [-0.25, -0.2) is 9.97 Å². The van der Waals surface area contributed by atoms with Crippen LogP contribution < -0.4 is 0 Å². The molecule has 0 aromatic carbocycles. The zero-order valence-electron chi connectivity index (χ0n) is 12.3. The average molecular weight is 273 g/mol. The normalized spacial score (nSPS) is 19.8. The second kappa shape index (κ2) is 5.90. The van der Waals surface area contributed by atoms with E-state index in [0.717, 1.165) is 56.6 Å². The Balaban J connectivity index is 1.73. The smallest absolute Gasteiger partial charge is 0.225 e. The van der Waals surface area contributed by atoms with Crippen LogP contribution in [0.4, 0.5) is 0 Å². The van der Waals surface area contributed by atoms with Gasteiger partial charge in [0.1, 0.15) is 6.33 Å². The third-order valence-corrected chi connectivity index (χ3v) is 4.73. The Bertz CT molecular complexity index is 494. The maximum Gasteiger partial charge on any atom is 0.225 e. The highest BCUT2D eigenvalue weighted by Crippen LogP contribution is 2.27. The van der Waals surface area contributed by atoms with Crippen molar-refractivity contribution in [1.29, 1.82) is 0 Å². The number of aromatic nitrogens is 2. The molecule has 4 nitrogen and oxygen atoms in total. The van der Waals surface area contributed by atoms with Gasteiger partial charge >= 0.3 is 0 Å². The highest BCUT2D eigenvalue weighted by Gasteiger charge is 2.28. The summed E-state index contributed by atoms with van der Waals surface area (Å²) in [6.07, 6.45) is 9.02. The molecule has 2 aliphatic rings. The van der Waals surface area contributed by atoms with Crippen LogP contribution in [0.3, 0.4) is 0 Å². The molecule has 3 rings (SSSR count). The first-order chi connectivity index (χ1) is 9.79. The molecule has 0 atom stereocenters. The van der Waals surface area contributed by atoms with Crippen molar-refractivity contribution in [2.45, 2.75) is 51.9 Å². The highest BCUT2D eigenvalue weighted by molar-refractivity contribution is 5.79. The Kier molecular flexibility index (Phi) is 3.99. The molecule has 0 radical (unpaired) electrons. The molecular formula is C16H23N3O. The first kappa shape index (κ1) is 13.5. The third kappa shape index (κ3) is 2.56. The predicted octanol–water partition coefficient (Wildman–Crippen LogP) is 2.16. The van der Waals surface area contributed by atoms with Crippen molar-refractivity contribution in [1.82, 2.24) is 14.9 Å². The molecule has 1 aliphatic carbocycles. The molecule has 0 spiro atoms. The lowest BCUT2D eigenvalue weighted by atomic mass is 10.1. The van der Waals surface area contributed by atoms with Crippen LogP contribution in [0.1, 0.15) is 49.6 Å². The van der Waals surface area contributed by atoms with Crippen LogP contribution in [0, 0.1) is 5.92 Å². The number of carbonyl (C=O) groups excluding carboxylic acids is 1. The highest BCUT2D eigenvalue weighted by atomic mass is 16.2. The van der Waals surface area contributed by atoms with Crippen molar-refractivity contribution in [2.24, 2.45) is 5.92 Å². The van der Waals surface area contributed by atoms with Gasteiger partial charge in [0.25, 0.3) is 0 Å². The summed E-state index contributed by atoms with van der Waals surface area (Å²) in [7, 11) is 0. The fourth-order valence-corrected chi connectivity index (χ4v) is 3.55. The molecule has 4 heteroatoms. The zero-order chi connectivity index (χ0) is 13.9. The first-order valence-corrected chi connectivity index (χ1v) is 7.90. The maximum atomic E-state index is 12.5. The summed E-state index contributed by atoms with van der Waals surface area (Å²) in [6, 6.07) is 0. The number of fused-ring (bicyclic) bond motifs is 1. The second-order valence-corrected chi connectivity index (χ2v) is 5.91. The summed E-state index contributed by atoms with van der Waals surface area (Å²) < 4.78 is 0. The van der Waals surface area contributed by atoms with Gasteiger partial charge in [0.05, 0.1) is 0 Å². The van der Waals surface area contributed by atoms with Crippen molar-refractivity contribution in [2.75, 3.05) is 13.1 Å².